The molecular weight excluding hydrogens is 1400 g/mol. The number of hydrogen-bond donors (Lipinski definition) is 10. The van der Waals surface area contributed by atoms with E-state index in [1.807, 2.05) is 26.0 Å². The van der Waals surface area contributed by atoms with Crippen molar-refractivity contribution in [3.63, 3.8) is 0 Å². The number of imidazole rings is 2. The van der Waals surface area contributed by atoms with Crippen LogP contribution in [-0.4, -0.2) is 226 Å². The van der Waals surface area contributed by atoms with E-state index >= 15 is 0 Å². The lowest BCUT2D eigenvalue weighted by molar-refractivity contribution is -0.132. The fraction of sp³-hybridized carbons (Fsp3) is 0.486. The Balaban J connectivity index is 0.853. The smallest absolute Gasteiger partial charge is 0.410 e. The number of aryl methyl sites for hydroxylation is 4. The molecule has 4 aromatic heterocycles. The van der Waals surface area contributed by atoms with E-state index < -0.39 is 65.6 Å². The number of carbonyl (C=O) groups is 9. The Morgan fingerprint density at radius 2 is 1.14 bits per heavy atom. The number of methoxy groups -OCH3 is 1. The Bertz CT molecular complexity index is 4270. The molecule has 3 aromatic carbocycles. The Kier molecular flexibility index (Phi) is 31.5. The summed E-state index contributed by atoms with van der Waals surface area (Å²) < 4.78 is 46.3. The molecule has 1 aliphatic heterocycles. The number of nitrogens with two attached hydrogens (primary N) is 4. The van der Waals surface area contributed by atoms with Gasteiger partial charge in [-0.15, -0.1) is 0 Å². The Morgan fingerprint density at radius 3 is 1.65 bits per heavy atom. The number of hydrogen-bond acceptors (Lipinski definition) is 22. The van der Waals surface area contributed by atoms with E-state index in [1.165, 1.54) is 31.4 Å². The summed E-state index contributed by atoms with van der Waals surface area (Å²) in [7, 11) is 1.44. The summed E-state index contributed by atoms with van der Waals surface area (Å²) >= 11 is 0. The summed E-state index contributed by atoms with van der Waals surface area (Å²) in [6, 6.07) is 13.2. The van der Waals surface area contributed by atoms with Gasteiger partial charge >= 0.3 is 12.1 Å². The van der Waals surface area contributed by atoms with Gasteiger partial charge in [-0.05, 0) is 107 Å². The van der Waals surface area contributed by atoms with Gasteiger partial charge < -0.3 is 91.4 Å². The van der Waals surface area contributed by atoms with Crippen LogP contribution in [0, 0.1) is 19.8 Å². The third kappa shape index (κ3) is 23.7. The second-order valence-electron chi connectivity index (χ2n) is 25.6. The number of urea groups is 1. The number of rotatable bonds is 44. The van der Waals surface area contributed by atoms with Crippen LogP contribution in [0.1, 0.15) is 112 Å². The number of ether oxygens (including phenoxy) is 7. The molecule has 0 radical (unpaired) electrons. The van der Waals surface area contributed by atoms with Crippen LogP contribution in [0.3, 0.4) is 0 Å². The van der Waals surface area contributed by atoms with Gasteiger partial charge in [-0.25, -0.2) is 19.6 Å². The van der Waals surface area contributed by atoms with Crippen LogP contribution in [0.25, 0.3) is 22.1 Å². The number of amides is 10. The molecule has 0 saturated carbocycles. The van der Waals surface area contributed by atoms with Gasteiger partial charge in [0.05, 0.1) is 89.0 Å². The number of primary amides is 3. The normalized spacial score (nSPS) is 13.0. The molecule has 36 nitrogen and oxygen atoms in total. The average molecular weight is 1500 g/mol. The zero-order valence-corrected chi connectivity index (χ0v) is 62.2. The molecule has 584 valence electrons. The predicted octanol–water partition coefficient (Wildman–Crippen LogP) is 3.55. The van der Waals surface area contributed by atoms with Gasteiger partial charge in [0.1, 0.15) is 52.6 Å². The highest BCUT2D eigenvalue weighted by Crippen LogP contribution is 2.34. The van der Waals surface area contributed by atoms with Crippen molar-refractivity contribution >= 4 is 93.1 Å². The number of allylic oxidation sites excluding steroid dienone is 2. The minimum atomic E-state index is -1.08. The first kappa shape index (κ1) is 82.6. The number of nitrogens with zero attached hydrogens (tertiary/aromatic N) is 10. The van der Waals surface area contributed by atoms with E-state index in [0.717, 1.165) is 0 Å². The fourth-order valence-electron chi connectivity index (χ4n) is 11.8. The summed E-state index contributed by atoms with van der Waals surface area (Å²) in [5.41, 5.74) is 26.9. The minimum absolute atomic E-state index is 0.0240. The maximum atomic E-state index is 14.1. The monoisotopic (exact) mass is 1500 g/mol. The number of fused-ring (bicyclic) bond motifs is 2. The largest absolute Gasteiger partial charge is 0.494 e. The molecule has 0 bridgehead atoms. The molecular formula is C72H100N20O16. The molecule has 7 aromatic rings. The second kappa shape index (κ2) is 41.2. The zero-order chi connectivity index (χ0) is 77.8. The molecule has 5 heterocycles. The first-order valence-electron chi connectivity index (χ1n) is 35.9. The van der Waals surface area contributed by atoms with Gasteiger partial charge in [-0.1, -0.05) is 38.1 Å². The predicted molar refractivity (Wildman–Crippen MR) is 399 cm³/mol. The van der Waals surface area contributed by atoms with Crippen molar-refractivity contribution in [1.82, 2.24) is 64.4 Å². The van der Waals surface area contributed by atoms with Crippen molar-refractivity contribution in [2.75, 3.05) is 128 Å². The molecule has 14 N–H and O–H groups in total. The molecule has 10 amide bonds. The highest BCUT2D eigenvalue weighted by molar-refractivity contribution is 6.06. The maximum absolute atomic E-state index is 14.1. The van der Waals surface area contributed by atoms with Gasteiger partial charge in [0.25, 0.3) is 11.8 Å². The van der Waals surface area contributed by atoms with Crippen LogP contribution in [-0.2, 0) is 70.9 Å². The zero-order valence-electron chi connectivity index (χ0n) is 62.2. The van der Waals surface area contributed by atoms with Crippen molar-refractivity contribution < 1.29 is 76.3 Å². The van der Waals surface area contributed by atoms with Gasteiger partial charge in [0, 0.05) is 95.2 Å². The van der Waals surface area contributed by atoms with Crippen LogP contribution in [0.2, 0.25) is 0 Å². The van der Waals surface area contributed by atoms with Crippen molar-refractivity contribution in [3.8, 4) is 11.5 Å². The maximum Gasteiger partial charge on any atom is 0.410 e. The van der Waals surface area contributed by atoms with Crippen LogP contribution in [0.4, 0.5) is 27.2 Å². The molecule has 1 fully saturated rings. The molecule has 8 rings (SSSR count). The lowest BCUT2D eigenvalue weighted by atomic mass is 10.0. The summed E-state index contributed by atoms with van der Waals surface area (Å²) in [6.45, 7) is 17.7. The number of nitrogens with one attached hydrogen (secondary N) is 6. The Hall–Kier alpha value is -11.0. The van der Waals surface area contributed by atoms with Gasteiger partial charge in [-0.3, -0.25) is 58.5 Å². The average Bonchev–Trinajstić information content (AvgIpc) is 1.62. The third-order valence-electron chi connectivity index (χ3n) is 17.3. The van der Waals surface area contributed by atoms with E-state index in [-0.39, 0.29) is 106 Å². The lowest BCUT2D eigenvalue weighted by Gasteiger charge is -2.34. The molecule has 0 unspecified atom stereocenters. The Morgan fingerprint density at radius 1 is 0.611 bits per heavy atom. The van der Waals surface area contributed by atoms with E-state index in [9.17, 15) is 43.2 Å². The second-order valence-corrected chi connectivity index (χ2v) is 25.6. The van der Waals surface area contributed by atoms with Crippen LogP contribution < -0.4 is 64.3 Å². The molecule has 0 aliphatic carbocycles. The van der Waals surface area contributed by atoms with Gasteiger partial charge in [-0.2, -0.15) is 10.2 Å². The molecule has 108 heavy (non-hydrogen) atoms. The number of piperazine rings is 1. The number of anilines is 3. The van der Waals surface area contributed by atoms with Crippen LogP contribution >= 0.6 is 0 Å². The summed E-state index contributed by atoms with van der Waals surface area (Å²) in [6.07, 6.45) is 4.02. The van der Waals surface area contributed by atoms with Gasteiger partial charge in [0.15, 0.2) is 0 Å². The number of aromatic nitrogens is 8. The van der Waals surface area contributed by atoms with Crippen molar-refractivity contribution in [2.45, 2.75) is 112 Å². The first-order valence-corrected chi connectivity index (χ1v) is 35.9. The van der Waals surface area contributed by atoms with Crippen LogP contribution in [0.5, 0.6) is 11.5 Å². The number of benzene rings is 3. The highest BCUT2D eigenvalue weighted by Gasteiger charge is 2.31. The van der Waals surface area contributed by atoms with Crippen molar-refractivity contribution in [2.24, 2.45) is 28.9 Å². The van der Waals surface area contributed by atoms with Crippen molar-refractivity contribution in [3.05, 3.63) is 112 Å². The Labute approximate surface area is 624 Å². The summed E-state index contributed by atoms with van der Waals surface area (Å²) in [4.78, 5) is 132. The molecule has 1 aliphatic rings. The topological polar surface area (TPSA) is 472 Å². The van der Waals surface area contributed by atoms with Gasteiger partial charge in [0.2, 0.25) is 41.4 Å². The summed E-state index contributed by atoms with van der Waals surface area (Å²) in [5, 5.41) is 25.6. The minimum Gasteiger partial charge on any atom is -0.494 e. The molecule has 1 saturated heterocycles. The molecule has 2 atom stereocenters. The SMILES string of the molecule is CCn1nc(C)cc1C(=O)Nc1nc2cc(C(N)=O)cc(OC)c2n1C/C=C/Cn1c(NC(=O)c2cc(C)nn2CC)nc2cc(C(N)=O)cc(OCCCN3CCN(C(=O)OCc4ccc(NC(=O)[C@H](CCCNC(N)=O)NC(=O)[C@@H](NC(=O)CCOCCOCCOCCOCCN)C(C)C)cc4)CC3)c21. The van der Waals surface area contributed by atoms with E-state index in [4.69, 9.17) is 66.1 Å². The van der Waals surface area contributed by atoms with Crippen LogP contribution in [0.15, 0.2) is 72.8 Å². The number of carbonyl (C=O) groups excluding carboxylic acids is 9. The van der Waals surface area contributed by atoms with E-state index in [2.05, 4.69) is 47.0 Å². The van der Waals surface area contributed by atoms with E-state index in [0.29, 0.717) is 155 Å². The molecule has 0 spiro atoms. The lowest BCUT2D eigenvalue weighted by Crippen LogP contribution is -2.54. The quantitative estimate of drug-likeness (QED) is 0.0193. The first-order chi connectivity index (χ1) is 52.0. The summed E-state index contributed by atoms with van der Waals surface area (Å²) in [5.74, 6) is -3.52. The van der Waals surface area contributed by atoms with Crippen molar-refractivity contribution in [1.29, 1.82) is 0 Å². The fourth-order valence-corrected chi connectivity index (χ4v) is 11.8. The third-order valence-corrected chi connectivity index (χ3v) is 17.3. The molecule has 36 heteroatoms. The standard InChI is InChI=1S/C72H100N20O16/c1-8-91-55(38-46(5)85-91)66(97)83-70-80-53-40-49(63(74)94)42-57(102-7)61(53)89(70)23-10-11-24-90-62-54(81-71(90)84-67(98)56-39-47(6)86-92(56)9-2)41-50(64(75)95)43-58(62)107-29-13-22-87-25-27-88(28-26-87)72(101)108-44-48-15-17-51(18-16-48)78-65(96)52(14-12-21-77-69(76)100)79-68(99)60(45(3)4)82-59(93)19-30-103-32-34-105-36-37-106-35-33-104-31-20-73/h10-11,15-18,38-43,45,52,60H,8-9,12-14,19-37,44,73H2,1-7H3,(H2,74,94)(H2,75,95)(H,78,96)(H,79,99)(H,82,93)(H3,76,77,100)(H,80,83,97)(H,81,84,98)/b11-10+/t52-,60-/m0/s1. The van der Waals surface area contributed by atoms with E-state index in [1.54, 1.807) is 87.5 Å². The highest BCUT2D eigenvalue weighted by atomic mass is 16.6.